The number of carboxylic acid groups (broad SMARTS) is 1. The van der Waals surface area contributed by atoms with Crippen molar-refractivity contribution in [3.63, 3.8) is 0 Å². The molecule has 4 rings (SSSR count). The van der Waals surface area contributed by atoms with Gasteiger partial charge in [-0.05, 0) is 77.2 Å². The highest BCUT2D eigenvalue weighted by atomic mass is 79.9. The van der Waals surface area contributed by atoms with Crippen LogP contribution in [0.4, 0.5) is 4.79 Å². The molecule has 1 aliphatic heterocycles. The molecule has 4 amide bonds. The zero-order chi connectivity index (χ0) is 25.8. The minimum atomic E-state index is -1.01. The van der Waals surface area contributed by atoms with Crippen molar-refractivity contribution in [1.82, 2.24) is 10.2 Å². The molecule has 188 valence electrons. The minimum absolute atomic E-state index is 0.122. The molecular formula is C26H25BrN2O7. The van der Waals surface area contributed by atoms with Gasteiger partial charge in [0.05, 0.1) is 16.6 Å². The van der Waals surface area contributed by atoms with E-state index in [1.54, 1.807) is 24.3 Å². The van der Waals surface area contributed by atoms with Crippen LogP contribution in [-0.2, 0) is 16.2 Å². The van der Waals surface area contributed by atoms with Crippen LogP contribution < -0.4 is 14.8 Å². The molecule has 1 heterocycles. The van der Waals surface area contributed by atoms with Crippen molar-refractivity contribution < 1.29 is 33.8 Å². The van der Waals surface area contributed by atoms with Gasteiger partial charge >= 0.3 is 12.0 Å². The van der Waals surface area contributed by atoms with Crippen molar-refractivity contribution >= 4 is 45.8 Å². The van der Waals surface area contributed by atoms with Gasteiger partial charge < -0.3 is 14.6 Å². The van der Waals surface area contributed by atoms with E-state index in [4.69, 9.17) is 14.6 Å². The first-order chi connectivity index (χ1) is 17.3. The molecule has 2 aromatic rings. The summed E-state index contributed by atoms with van der Waals surface area (Å²) in [7, 11) is 0. The van der Waals surface area contributed by atoms with Crippen LogP contribution in [0, 0.1) is 0 Å². The Morgan fingerprint density at radius 1 is 1.14 bits per heavy atom. The Morgan fingerprint density at radius 3 is 2.47 bits per heavy atom. The molecule has 0 bridgehead atoms. The van der Waals surface area contributed by atoms with E-state index < -0.39 is 23.8 Å². The fourth-order valence-electron chi connectivity index (χ4n) is 4.31. The van der Waals surface area contributed by atoms with E-state index in [0.717, 1.165) is 36.1 Å². The molecule has 10 heteroatoms. The molecule has 1 saturated carbocycles. The lowest BCUT2D eigenvalue weighted by atomic mass is 10.0. The van der Waals surface area contributed by atoms with Gasteiger partial charge in [0.1, 0.15) is 12.2 Å². The van der Waals surface area contributed by atoms with Gasteiger partial charge in [-0.2, -0.15) is 0 Å². The maximum atomic E-state index is 13.1. The third kappa shape index (κ3) is 5.43. The molecule has 2 fully saturated rings. The SMILES string of the molecule is CCOc1cc(/C=C2\C(=O)NC(=O)N(C3CCCC3)C2=O)cc(Br)c1OCc1ccc(C(=O)O)cc1. The minimum Gasteiger partial charge on any atom is -0.490 e. The average molecular weight is 557 g/mol. The van der Waals surface area contributed by atoms with Crippen molar-refractivity contribution in [1.29, 1.82) is 0 Å². The molecule has 0 spiro atoms. The molecule has 2 N–H and O–H groups in total. The quantitative estimate of drug-likeness (QED) is 0.361. The van der Waals surface area contributed by atoms with Crippen molar-refractivity contribution in [2.45, 2.75) is 45.3 Å². The second-order valence-electron chi connectivity index (χ2n) is 8.48. The predicted molar refractivity (Wildman–Crippen MR) is 134 cm³/mol. The zero-order valence-electron chi connectivity index (χ0n) is 19.6. The normalized spacial score (nSPS) is 17.4. The maximum absolute atomic E-state index is 13.1. The highest BCUT2D eigenvalue weighted by Crippen LogP contribution is 2.38. The molecule has 2 aromatic carbocycles. The summed E-state index contributed by atoms with van der Waals surface area (Å²) in [6.07, 6.45) is 4.76. The van der Waals surface area contributed by atoms with Crippen LogP contribution in [0.1, 0.15) is 54.1 Å². The number of amides is 4. The van der Waals surface area contributed by atoms with E-state index in [1.807, 2.05) is 6.92 Å². The number of ether oxygens (including phenoxy) is 2. The summed E-state index contributed by atoms with van der Waals surface area (Å²) in [5.74, 6) is -1.53. The Morgan fingerprint density at radius 2 is 1.83 bits per heavy atom. The molecule has 1 saturated heterocycles. The largest absolute Gasteiger partial charge is 0.490 e. The van der Waals surface area contributed by atoms with E-state index in [2.05, 4.69) is 21.2 Å². The summed E-state index contributed by atoms with van der Waals surface area (Å²) < 4.78 is 12.2. The number of aromatic carboxylic acids is 1. The van der Waals surface area contributed by atoms with E-state index in [9.17, 15) is 19.2 Å². The van der Waals surface area contributed by atoms with Gasteiger partial charge in [0, 0.05) is 6.04 Å². The number of rotatable bonds is 8. The van der Waals surface area contributed by atoms with Crippen molar-refractivity contribution in [2.75, 3.05) is 6.61 Å². The van der Waals surface area contributed by atoms with Gasteiger partial charge in [-0.3, -0.25) is 19.8 Å². The lowest BCUT2D eigenvalue weighted by Gasteiger charge is -2.31. The summed E-state index contributed by atoms with van der Waals surface area (Å²) >= 11 is 3.48. The molecule has 0 atom stereocenters. The zero-order valence-corrected chi connectivity index (χ0v) is 21.2. The average Bonchev–Trinajstić information content (AvgIpc) is 3.36. The molecule has 0 unspecified atom stereocenters. The summed E-state index contributed by atoms with van der Waals surface area (Å²) in [6, 6.07) is 8.80. The molecule has 0 aromatic heterocycles. The summed E-state index contributed by atoms with van der Waals surface area (Å²) in [4.78, 5) is 50.2. The summed E-state index contributed by atoms with van der Waals surface area (Å²) in [6.45, 7) is 2.33. The molecule has 36 heavy (non-hydrogen) atoms. The highest BCUT2D eigenvalue weighted by Gasteiger charge is 2.40. The number of halogens is 1. The second-order valence-corrected chi connectivity index (χ2v) is 9.34. The number of nitrogens with zero attached hydrogens (tertiary/aromatic N) is 1. The molecular weight excluding hydrogens is 532 g/mol. The van der Waals surface area contributed by atoms with Crippen LogP contribution >= 0.6 is 15.9 Å². The van der Waals surface area contributed by atoms with Gasteiger partial charge in [-0.25, -0.2) is 9.59 Å². The lowest BCUT2D eigenvalue weighted by molar-refractivity contribution is -0.131. The Hall–Kier alpha value is -3.66. The third-order valence-corrected chi connectivity index (χ3v) is 6.64. The fraction of sp³-hybridized carbons (Fsp3) is 0.308. The number of hydrogen-bond donors (Lipinski definition) is 2. The summed E-state index contributed by atoms with van der Waals surface area (Å²) in [5.41, 5.74) is 1.34. The number of carbonyl (C=O) groups is 4. The number of urea groups is 1. The number of nitrogens with one attached hydrogen (secondary N) is 1. The van der Waals surface area contributed by atoms with Crippen LogP contribution in [-0.4, -0.2) is 46.5 Å². The molecule has 1 aliphatic carbocycles. The van der Waals surface area contributed by atoms with Gasteiger partial charge in [-0.15, -0.1) is 0 Å². The van der Waals surface area contributed by atoms with Crippen LogP contribution in [0.25, 0.3) is 6.08 Å². The van der Waals surface area contributed by atoms with Crippen molar-refractivity contribution in [2.24, 2.45) is 0 Å². The van der Waals surface area contributed by atoms with Gasteiger partial charge in [0.25, 0.3) is 11.8 Å². The monoisotopic (exact) mass is 556 g/mol. The van der Waals surface area contributed by atoms with Crippen LogP contribution in [0.3, 0.4) is 0 Å². The Bertz CT molecular complexity index is 1230. The lowest BCUT2D eigenvalue weighted by Crippen LogP contribution is -2.57. The highest BCUT2D eigenvalue weighted by molar-refractivity contribution is 9.10. The van der Waals surface area contributed by atoms with E-state index in [0.29, 0.717) is 28.1 Å². The smallest absolute Gasteiger partial charge is 0.335 e. The van der Waals surface area contributed by atoms with Crippen molar-refractivity contribution in [3.8, 4) is 11.5 Å². The van der Waals surface area contributed by atoms with Crippen LogP contribution in [0.5, 0.6) is 11.5 Å². The second kappa shape index (κ2) is 10.9. The van der Waals surface area contributed by atoms with Gasteiger partial charge in [0.2, 0.25) is 0 Å². The molecule has 9 nitrogen and oxygen atoms in total. The van der Waals surface area contributed by atoms with Gasteiger partial charge in [-0.1, -0.05) is 25.0 Å². The number of barbiturate groups is 1. The topological polar surface area (TPSA) is 122 Å². The van der Waals surface area contributed by atoms with E-state index in [1.165, 1.54) is 18.2 Å². The first-order valence-corrected chi connectivity index (χ1v) is 12.4. The number of carboxylic acids is 1. The maximum Gasteiger partial charge on any atom is 0.335 e. The summed E-state index contributed by atoms with van der Waals surface area (Å²) in [5, 5.41) is 11.3. The molecule has 2 aliphatic rings. The van der Waals surface area contributed by atoms with E-state index >= 15 is 0 Å². The van der Waals surface area contributed by atoms with Crippen LogP contribution in [0.15, 0.2) is 46.4 Å². The number of carbonyl (C=O) groups excluding carboxylic acids is 3. The number of hydrogen-bond acceptors (Lipinski definition) is 6. The predicted octanol–water partition coefficient (Wildman–Crippen LogP) is 4.53. The van der Waals surface area contributed by atoms with Crippen LogP contribution in [0.2, 0.25) is 0 Å². The third-order valence-electron chi connectivity index (χ3n) is 6.05. The number of imide groups is 2. The Labute approximate surface area is 216 Å². The first-order valence-electron chi connectivity index (χ1n) is 11.6. The standard InChI is InChI=1S/C26H25BrN2O7/c1-2-35-21-13-16(11-19-23(30)28-26(34)29(24(19)31)18-5-3-4-6-18)12-20(27)22(21)36-14-15-7-9-17(10-8-15)25(32)33/h7-13,18H,2-6,14H2,1H3,(H,32,33)(H,28,30,34)/b19-11+. The first kappa shape index (κ1) is 25.4. The Kier molecular flexibility index (Phi) is 7.73. The fourth-order valence-corrected chi connectivity index (χ4v) is 4.88. The van der Waals surface area contributed by atoms with E-state index in [-0.39, 0.29) is 23.8 Å². The number of benzene rings is 2. The van der Waals surface area contributed by atoms with Crippen molar-refractivity contribution in [3.05, 3.63) is 63.1 Å². The van der Waals surface area contributed by atoms with Gasteiger partial charge in [0.15, 0.2) is 11.5 Å². The Balaban J connectivity index is 1.59. The molecule has 0 radical (unpaired) electrons.